The number of nitrogens with two attached hydrogens (primary N) is 1. The van der Waals surface area contributed by atoms with E-state index in [1.54, 1.807) is 6.92 Å². The van der Waals surface area contributed by atoms with E-state index in [2.05, 4.69) is 4.74 Å². The number of esters is 2. The van der Waals surface area contributed by atoms with Gasteiger partial charge in [-0.3, -0.25) is 9.59 Å². The minimum Gasteiger partial charge on any atom is -0.469 e. The van der Waals surface area contributed by atoms with Gasteiger partial charge in [-0.05, 0) is 6.92 Å². The van der Waals surface area contributed by atoms with Crippen molar-refractivity contribution in [3.05, 3.63) is 0 Å². The Balaban J connectivity index is 3.50. The van der Waals surface area contributed by atoms with E-state index in [9.17, 15) is 9.59 Å². The predicted molar refractivity (Wildman–Crippen MR) is 58.6 cm³/mol. The summed E-state index contributed by atoms with van der Waals surface area (Å²) in [6.45, 7) is 2.06. The zero-order valence-corrected chi connectivity index (χ0v) is 9.84. The molecule has 0 aromatic rings. The molecule has 0 aliphatic heterocycles. The number of methoxy groups -OCH3 is 1. The summed E-state index contributed by atoms with van der Waals surface area (Å²) >= 11 is 1.43. The molecule has 0 bridgehead atoms. The molecule has 2 N–H and O–H groups in total. The van der Waals surface area contributed by atoms with Gasteiger partial charge in [0.1, 0.15) is 6.04 Å². The van der Waals surface area contributed by atoms with Gasteiger partial charge >= 0.3 is 11.9 Å². The van der Waals surface area contributed by atoms with Crippen LogP contribution in [0.15, 0.2) is 0 Å². The van der Waals surface area contributed by atoms with Crippen LogP contribution in [0, 0.1) is 0 Å². The molecule has 5 nitrogen and oxygen atoms in total. The van der Waals surface area contributed by atoms with E-state index in [0.29, 0.717) is 24.5 Å². The SMILES string of the molecule is CCOC(=O)C(N)CSCCC(=O)OC. The Kier molecular flexibility index (Phi) is 8.12. The first-order valence-corrected chi connectivity index (χ1v) is 5.84. The van der Waals surface area contributed by atoms with Crippen LogP contribution in [0.4, 0.5) is 0 Å². The Morgan fingerprint density at radius 2 is 2.13 bits per heavy atom. The first kappa shape index (κ1) is 14.2. The number of carbonyl (C=O) groups is 2. The van der Waals surface area contributed by atoms with Gasteiger partial charge in [0.15, 0.2) is 0 Å². The molecule has 0 aliphatic rings. The zero-order valence-electron chi connectivity index (χ0n) is 9.02. The van der Waals surface area contributed by atoms with Crippen molar-refractivity contribution >= 4 is 23.7 Å². The highest BCUT2D eigenvalue weighted by atomic mass is 32.2. The molecule has 15 heavy (non-hydrogen) atoms. The number of thioether (sulfide) groups is 1. The molecule has 0 saturated carbocycles. The maximum Gasteiger partial charge on any atom is 0.323 e. The lowest BCUT2D eigenvalue weighted by atomic mass is 10.4. The molecule has 0 heterocycles. The molecule has 88 valence electrons. The summed E-state index contributed by atoms with van der Waals surface area (Å²) in [5, 5.41) is 0. The molecule has 0 radical (unpaired) electrons. The second-order valence-electron chi connectivity index (χ2n) is 2.76. The zero-order chi connectivity index (χ0) is 11.7. The third-order valence-corrected chi connectivity index (χ3v) is 2.65. The van der Waals surface area contributed by atoms with Crippen molar-refractivity contribution in [2.75, 3.05) is 25.2 Å². The highest BCUT2D eigenvalue weighted by Gasteiger charge is 2.14. The van der Waals surface area contributed by atoms with Crippen molar-refractivity contribution in [3.63, 3.8) is 0 Å². The van der Waals surface area contributed by atoms with Crippen molar-refractivity contribution in [1.82, 2.24) is 0 Å². The molecule has 0 amide bonds. The second-order valence-corrected chi connectivity index (χ2v) is 3.91. The van der Waals surface area contributed by atoms with E-state index >= 15 is 0 Å². The molecule has 6 heteroatoms. The van der Waals surface area contributed by atoms with Crippen LogP contribution in [0.2, 0.25) is 0 Å². The molecule has 0 fully saturated rings. The van der Waals surface area contributed by atoms with Crippen LogP contribution in [-0.2, 0) is 19.1 Å². The fourth-order valence-electron chi connectivity index (χ4n) is 0.785. The van der Waals surface area contributed by atoms with Crippen molar-refractivity contribution in [2.24, 2.45) is 5.73 Å². The topological polar surface area (TPSA) is 78.6 Å². The Bertz CT molecular complexity index is 210. The van der Waals surface area contributed by atoms with Crippen LogP contribution in [0.5, 0.6) is 0 Å². The Morgan fingerprint density at radius 3 is 2.67 bits per heavy atom. The van der Waals surface area contributed by atoms with E-state index in [0.717, 1.165) is 0 Å². The summed E-state index contributed by atoms with van der Waals surface area (Å²) < 4.78 is 9.20. The van der Waals surface area contributed by atoms with E-state index < -0.39 is 12.0 Å². The summed E-state index contributed by atoms with van der Waals surface area (Å²) in [5.74, 6) is 0.394. The maximum atomic E-state index is 11.1. The van der Waals surface area contributed by atoms with Gasteiger partial charge in [-0.2, -0.15) is 11.8 Å². The summed E-state index contributed by atoms with van der Waals surface area (Å²) in [6.07, 6.45) is 0.330. The normalized spacial score (nSPS) is 11.9. The lowest BCUT2D eigenvalue weighted by Gasteiger charge is -2.09. The summed E-state index contributed by atoms with van der Waals surface area (Å²) in [6, 6.07) is -0.618. The van der Waals surface area contributed by atoms with E-state index in [4.69, 9.17) is 10.5 Å². The summed E-state index contributed by atoms with van der Waals surface area (Å²) in [4.78, 5) is 21.8. The lowest BCUT2D eigenvalue weighted by Crippen LogP contribution is -2.34. The average Bonchev–Trinajstić information content (AvgIpc) is 2.23. The lowest BCUT2D eigenvalue weighted by molar-refractivity contribution is -0.144. The highest BCUT2D eigenvalue weighted by molar-refractivity contribution is 7.99. The standard InChI is InChI=1S/C9H17NO4S/c1-3-14-9(12)7(10)6-15-5-4-8(11)13-2/h7H,3-6,10H2,1-2H3. The molecule has 0 aliphatic carbocycles. The van der Waals surface area contributed by atoms with Crippen LogP contribution < -0.4 is 5.73 Å². The smallest absolute Gasteiger partial charge is 0.323 e. The molecule has 0 saturated heterocycles. The van der Waals surface area contributed by atoms with E-state index in [1.807, 2.05) is 0 Å². The Labute approximate surface area is 93.7 Å². The van der Waals surface area contributed by atoms with Crippen LogP contribution in [0.1, 0.15) is 13.3 Å². The van der Waals surface area contributed by atoms with E-state index in [1.165, 1.54) is 18.9 Å². The fourth-order valence-corrected chi connectivity index (χ4v) is 1.65. The quantitative estimate of drug-likeness (QED) is 0.500. The van der Waals surface area contributed by atoms with Crippen LogP contribution in [0.3, 0.4) is 0 Å². The minimum absolute atomic E-state index is 0.257. The fraction of sp³-hybridized carbons (Fsp3) is 0.778. The molecule has 1 atom stereocenters. The van der Waals surface area contributed by atoms with Gasteiger partial charge in [0.05, 0.1) is 20.1 Å². The van der Waals surface area contributed by atoms with Gasteiger partial charge in [-0.15, -0.1) is 0 Å². The van der Waals surface area contributed by atoms with Crippen molar-refractivity contribution in [1.29, 1.82) is 0 Å². The van der Waals surface area contributed by atoms with Gasteiger partial charge in [0, 0.05) is 11.5 Å². The number of ether oxygens (including phenoxy) is 2. The molecule has 0 rings (SSSR count). The number of rotatable bonds is 7. The third kappa shape index (κ3) is 7.21. The summed E-state index contributed by atoms with van der Waals surface area (Å²) in [5.41, 5.74) is 5.54. The van der Waals surface area contributed by atoms with Gasteiger partial charge in [0.25, 0.3) is 0 Å². The van der Waals surface area contributed by atoms with E-state index in [-0.39, 0.29) is 5.97 Å². The van der Waals surface area contributed by atoms with Crippen molar-refractivity contribution < 1.29 is 19.1 Å². The molecule has 0 spiro atoms. The first-order chi connectivity index (χ1) is 7.11. The summed E-state index contributed by atoms with van der Waals surface area (Å²) in [7, 11) is 1.34. The Hall–Kier alpha value is -0.750. The van der Waals surface area contributed by atoms with Crippen LogP contribution >= 0.6 is 11.8 Å². The van der Waals surface area contributed by atoms with Crippen molar-refractivity contribution in [3.8, 4) is 0 Å². The third-order valence-electron chi connectivity index (χ3n) is 1.56. The highest BCUT2D eigenvalue weighted by Crippen LogP contribution is 2.05. The monoisotopic (exact) mass is 235 g/mol. The molecule has 1 unspecified atom stereocenters. The average molecular weight is 235 g/mol. The predicted octanol–water partition coefficient (Wildman–Crippen LogP) is 0.173. The van der Waals surface area contributed by atoms with Gasteiger partial charge in [0.2, 0.25) is 0 Å². The molecule has 0 aromatic carbocycles. The Morgan fingerprint density at radius 1 is 1.47 bits per heavy atom. The maximum absolute atomic E-state index is 11.1. The van der Waals surface area contributed by atoms with Crippen molar-refractivity contribution in [2.45, 2.75) is 19.4 Å². The van der Waals surface area contributed by atoms with Crippen LogP contribution in [0.25, 0.3) is 0 Å². The molecular weight excluding hydrogens is 218 g/mol. The van der Waals surface area contributed by atoms with Gasteiger partial charge in [-0.25, -0.2) is 0 Å². The van der Waals surface area contributed by atoms with Crippen LogP contribution in [-0.4, -0.2) is 43.2 Å². The molecule has 0 aromatic heterocycles. The number of hydrogen-bond donors (Lipinski definition) is 1. The second kappa shape index (κ2) is 8.55. The largest absolute Gasteiger partial charge is 0.469 e. The first-order valence-electron chi connectivity index (χ1n) is 4.68. The minimum atomic E-state index is -0.618. The number of hydrogen-bond acceptors (Lipinski definition) is 6. The van der Waals surface area contributed by atoms with Gasteiger partial charge in [-0.1, -0.05) is 0 Å². The molecular formula is C9H17NO4S. The number of carbonyl (C=O) groups excluding carboxylic acids is 2. The van der Waals surface area contributed by atoms with Gasteiger partial charge < -0.3 is 15.2 Å².